The number of morpholine rings is 1. The van der Waals surface area contributed by atoms with Gasteiger partial charge in [0.1, 0.15) is 11.9 Å². The van der Waals surface area contributed by atoms with Gasteiger partial charge in [-0.3, -0.25) is 4.79 Å². The molecule has 5 heteroatoms. The molecule has 1 N–H and O–H groups in total. The predicted octanol–water partition coefficient (Wildman–Crippen LogP) is 3.88. The summed E-state index contributed by atoms with van der Waals surface area (Å²) in [6.45, 7) is 5.15. The van der Waals surface area contributed by atoms with Gasteiger partial charge in [0.25, 0.3) is 5.91 Å². The molecule has 0 bridgehead atoms. The molecule has 0 saturated carbocycles. The Bertz CT molecular complexity index is 758. The van der Waals surface area contributed by atoms with E-state index in [0.717, 1.165) is 16.7 Å². The monoisotopic (exact) mass is 345 g/mol. The molecule has 0 aromatic heterocycles. The molecule has 0 radical (unpaired) electrons. The van der Waals surface area contributed by atoms with Crippen molar-refractivity contribution < 1.29 is 14.6 Å². The van der Waals surface area contributed by atoms with E-state index in [0.29, 0.717) is 30.3 Å². The minimum absolute atomic E-state index is 0.0644. The van der Waals surface area contributed by atoms with Gasteiger partial charge in [-0.25, -0.2) is 0 Å². The normalized spacial score (nSPS) is 17.8. The topological polar surface area (TPSA) is 49.8 Å². The molecule has 4 nitrogen and oxygen atoms in total. The van der Waals surface area contributed by atoms with Crippen molar-refractivity contribution in [3.05, 3.63) is 63.7 Å². The number of phenols is 1. The van der Waals surface area contributed by atoms with Crippen LogP contribution in [-0.4, -0.2) is 35.6 Å². The first kappa shape index (κ1) is 16.8. The number of aryl methyl sites for hydroxylation is 1. The number of nitrogens with zero attached hydrogens (tertiary/aromatic N) is 1. The molecule has 0 spiro atoms. The fourth-order valence-electron chi connectivity index (χ4n) is 2.86. The van der Waals surface area contributed by atoms with Gasteiger partial charge in [-0.1, -0.05) is 29.8 Å². The van der Waals surface area contributed by atoms with Crippen LogP contribution in [0.4, 0.5) is 0 Å². The second-order valence-electron chi connectivity index (χ2n) is 6.07. The number of carbonyl (C=O) groups is 1. The minimum atomic E-state index is -0.186. The Morgan fingerprint density at radius 2 is 1.92 bits per heavy atom. The van der Waals surface area contributed by atoms with Crippen LogP contribution >= 0.6 is 11.6 Å². The molecule has 1 fully saturated rings. The number of ether oxygens (including phenoxy) is 1. The van der Waals surface area contributed by atoms with Gasteiger partial charge in [0.05, 0.1) is 18.7 Å². The number of halogens is 1. The molecular weight excluding hydrogens is 326 g/mol. The zero-order valence-corrected chi connectivity index (χ0v) is 14.5. The van der Waals surface area contributed by atoms with Crippen molar-refractivity contribution in [1.29, 1.82) is 0 Å². The first-order valence-corrected chi connectivity index (χ1v) is 8.30. The van der Waals surface area contributed by atoms with Crippen LogP contribution in [-0.2, 0) is 4.74 Å². The van der Waals surface area contributed by atoms with Crippen molar-refractivity contribution in [3.8, 4) is 5.75 Å². The van der Waals surface area contributed by atoms with E-state index in [-0.39, 0.29) is 17.8 Å². The summed E-state index contributed by atoms with van der Waals surface area (Å²) in [7, 11) is 0. The highest BCUT2D eigenvalue weighted by Gasteiger charge is 2.27. The van der Waals surface area contributed by atoms with Gasteiger partial charge in [0.15, 0.2) is 0 Å². The summed E-state index contributed by atoms with van der Waals surface area (Å²) in [5.74, 6) is -0.104. The Labute approximate surface area is 146 Å². The molecular formula is C19H20ClNO3. The summed E-state index contributed by atoms with van der Waals surface area (Å²) in [6.07, 6.45) is -0.186. The Hall–Kier alpha value is -2.04. The summed E-state index contributed by atoms with van der Waals surface area (Å²) in [6, 6.07) is 11.0. The third-order valence-electron chi connectivity index (χ3n) is 4.53. The van der Waals surface area contributed by atoms with Gasteiger partial charge in [-0.15, -0.1) is 0 Å². The Morgan fingerprint density at radius 3 is 2.62 bits per heavy atom. The van der Waals surface area contributed by atoms with E-state index in [1.54, 1.807) is 11.0 Å². The molecule has 1 atom stereocenters. The molecule has 126 valence electrons. The smallest absolute Gasteiger partial charge is 0.257 e. The SMILES string of the molecule is Cc1ccc(C(=O)N2CCOC(c3ccc(Cl)cc3)C2)c(O)c1C. The van der Waals surface area contributed by atoms with E-state index in [9.17, 15) is 9.90 Å². The van der Waals surface area contributed by atoms with Crippen LogP contribution in [0.5, 0.6) is 5.75 Å². The second-order valence-corrected chi connectivity index (χ2v) is 6.50. The van der Waals surface area contributed by atoms with Crippen LogP contribution in [0.25, 0.3) is 0 Å². The van der Waals surface area contributed by atoms with Crippen molar-refractivity contribution in [2.75, 3.05) is 19.7 Å². The molecule has 24 heavy (non-hydrogen) atoms. The molecule has 1 saturated heterocycles. The van der Waals surface area contributed by atoms with Crippen LogP contribution < -0.4 is 0 Å². The predicted molar refractivity (Wildman–Crippen MR) is 93.6 cm³/mol. The molecule has 1 amide bonds. The highest BCUT2D eigenvalue weighted by atomic mass is 35.5. The number of hydrogen-bond donors (Lipinski definition) is 1. The van der Waals surface area contributed by atoms with E-state index in [2.05, 4.69) is 0 Å². The highest BCUT2D eigenvalue weighted by molar-refractivity contribution is 6.30. The van der Waals surface area contributed by atoms with Crippen LogP contribution in [0.2, 0.25) is 5.02 Å². The average Bonchev–Trinajstić information content (AvgIpc) is 2.60. The number of amides is 1. The Morgan fingerprint density at radius 1 is 1.21 bits per heavy atom. The highest BCUT2D eigenvalue weighted by Crippen LogP contribution is 2.29. The summed E-state index contributed by atoms with van der Waals surface area (Å²) >= 11 is 5.92. The standard InChI is InChI=1S/C19H20ClNO3/c1-12-3-8-16(18(22)13(12)2)19(23)21-9-10-24-17(11-21)14-4-6-15(20)7-5-14/h3-8,17,22H,9-11H2,1-2H3. The van der Waals surface area contributed by atoms with E-state index in [1.165, 1.54) is 0 Å². The third-order valence-corrected chi connectivity index (χ3v) is 4.78. The van der Waals surface area contributed by atoms with Gasteiger partial charge in [-0.2, -0.15) is 0 Å². The lowest BCUT2D eigenvalue weighted by atomic mass is 10.0. The number of benzene rings is 2. The van der Waals surface area contributed by atoms with E-state index in [4.69, 9.17) is 16.3 Å². The fraction of sp³-hybridized carbons (Fsp3) is 0.316. The first-order valence-electron chi connectivity index (χ1n) is 7.93. The number of rotatable bonds is 2. The molecule has 1 aliphatic rings. The largest absolute Gasteiger partial charge is 0.507 e. The summed E-state index contributed by atoms with van der Waals surface area (Å²) < 4.78 is 5.79. The maximum Gasteiger partial charge on any atom is 0.257 e. The van der Waals surface area contributed by atoms with E-state index in [1.807, 2.05) is 44.2 Å². The van der Waals surface area contributed by atoms with Crippen LogP contribution in [0.3, 0.4) is 0 Å². The van der Waals surface area contributed by atoms with Crippen molar-refractivity contribution in [2.24, 2.45) is 0 Å². The fourth-order valence-corrected chi connectivity index (χ4v) is 2.98. The van der Waals surface area contributed by atoms with Crippen molar-refractivity contribution in [1.82, 2.24) is 4.90 Å². The van der Waals surface area contributed by atoms with Gasteiger partial charge in [0, 0.05) is 11.6 Å². The van der Waals surface area contributed by atoms with Crippen LogP contribution in [0, 0.1) is 13.8 Å². The van der Waals surface area contributed by atoms with Crippen LogP contribution in [0.15, 0.2) is 36.4 Å². The maximum atomic E-state index is 12.8. The lowest BCUT2D eigenvalue weighted by Crippen LogP contribution is -2.42. The Balaban J connectivity index is 1.81. The molecule has 2 aromatic carbocycles. The van der Waals surface area contributed by atoms with Crippen molar-refractivity contribution in [2.45, 2.75) is 20.0 Å². The molecule has 1 heterocycles. The molecule has 1 unspecified atom stereocenters. The molecule has 1 aliphatic heterocycles. The number of hydrogen-bond acceptors (Lipinski definition) is 3. The quantitative estimate of drug-likeness (QED) is 0.898. The summed E-state index contributed by atoms with van der Waals surface area (Å²) in [5.41, 5.74) is 3.03. The zero-order chi connectivity index (χ0) is 17.3. The lowest BCUT2D eigenvalue weighted by molar-refractivity contribution is -0.0229. The Kier molecular flexibility index (Phi) is 4.78. The van der Waals surface area contributed by atoms with Gasteiger partial charge in [0.2, 0.25) is 0 Å². The van der Waals surface area contributed by atoms with Crippen molar-refractivity contribution >= 4 is 17.5 Å². The zero-order valence-electron chi connectivity index (χ0n) is 13.8. The van der Waals surface area contributed by atoms with Gasteiger partial charge in [-0.05, 0) is 48.7 Å². The van der Waals surface area contributed by atoms with E-state index >= 15 is 0 Å². The van der Waals surface area contributed by atoms with Gasteiger partial charge < -0.3 is 14.7 Å². The average molecular weight is 346 g/mol. The molecule has 3 rings (SSSR count). The minimum Gasteiger partial charge on any atom is -0.507 e. The second kappa shape index (κ2) is 6.83. The van der Waals surface area contributed by atoms with Gasteiger partial charge >= 0.3 is 0 Å². The maximum absolute atomic E-state index is 12.8. The third kappa shape index (κ3) is 3.25. The van der Waals surface area contributed by atoms with Crippen molar-refractivity contribution in [3.63, 3.8) is 0 Å². The summed E-state index contributed by atoms with van der Waals surface area (Å²) in [4.78, 5) is 14.5. The summed E-state index contributed by atoms with van der Waals surface area (Å²) in [5, 5.41) is 11.0. The number of carbonyl (C=O) groups excluding carboxylic acids is 1. The molecule has 0 aliphatic carbocycles. The lowest BCUT2D eigenvalue weighted by Gasteiger charge is -2.33. The van der Waals surface area contributed by atoms with Crippen LogP contribution in [0.1, 0.15) is 33.2 Å². The number of phenolic OH excluding ortho intramolecular Hbond substituents is 1. The number of aromatic hydroxyl groups is 1. The van der Waals surface area contributed by atoms with E-state index < -0.39 is 0 Å². The molecule has 2 aromatic rings. The first-order chi connectivity index (χ1) is 11.5.